The molecular weight excluding hydrogens is 761 g/mol. The van der Waals surface area contributed by atoms with Crippen LogP contribution in [0.2, 0.25) is 0 Å². The molecule has 2 aliphatic rings. The maximum absolute atomic E-state index is 7.14. The molecule has 0 aliphatic carbocycles. The molecular formula is C20H10N20O5S5. The monoisotopic (exact) mass is 770 g/mol. The predicted octanol–water partition coefficient (Wildman–Crippen LogP) is 1.01. The lowest BCUT2D eigenvalue weighted by molar-refractivity contribution is -0.0257. The fourth-order valence-corrected chi connectivity index (χ4v) is 9.12. The van der Waals surface area contributed by atoms with E-state index >= 15 is 0 Å². The number of rotatable bonds is 9. The minimum absolute atomic E-state index is 0.00749. The number of hydrogen-bond donors (Lipinski definition) is 0. The van der Waals surface area contributed by atoms with Crippen LogP contribution in [-0.2, 0) is 15.3 Å². The van der Waals surface area contributed by atoms with Gasteiger partial charge in [0.05, 0.1) is 5.38 Å². The van der Waals surface area contributed by atoms with Crippen molar-refractivity contribution in [2.24, 2.45) is 0 Å². The number of hydrogen-bond acceptors (Lipinski definition) is 30. The van der Waals surface area contributed by atoms with Crippen molar-refractivity contribution < 1.29 is 22.8 Å². The molecule has 0 radical (unpaired) electrons. The summed E-state index contributed by atoms with van der Waals surface area (Å²) in [7, 11) is 0. The first-order valence-corrected chi connectivity index (χ1v) is 17.7. The first kappa shape index (κ1) is 29.2. The van der Waals surface area contributed by atoms with E-state index in [4.69, 9.17) is 27.2 Å². The number of nitrogens with zero attached hydrogens (tertiary/aromatic N) is 20. The molecule has 2 fully saturated rings. The highest BCUT2D eigenvalue weighted by Crippen LogP contribution is 2.59. The van der Waals surface area contributed by atoms with Crippen molar-refractivity contribution >= 4 is 81.4 Å². The lowest BCUT2D eigenvalue weighted by Gasteiger charge is -2.38. The van der Waals surface area contributed by atoms with Gasteiger partial charge in [-0.1, -0.05) is 31.0 Å². The van der Waals surface area contributed by atoms with Crippen LogP contribution in [0.1, 0.15) is 23.0 Å². The van der Waals surface area contributed by atoms with Gasteiger partial charge in [0.25, 0.3) is 17.6 Å². The van der Waals surface area contributed by atoms with Crippen molar-refractivity contribution in [3.63, 3.8) is 0 Å². The van der Waals surface area contributed by atoms with E-state index < -0.39 is 22.2 Å². The Labute approximate surface area is 294 Å². The maximum Gasteiger partial charge on any atom is 0.287 e. The number of aromatic nitrogens is 16. The smallest absolute Gasteiger partial charge is 0.287 e. The van der Waals surface area contributed by atoms with Gasteiger partial charge < -0.3 is 22.8 Å². The van der Waals surface area contributed by atoms with E-state index in [1.54, 1.807) is 31.8 Å². The molecule has 8 aromatic heterocycles. The van der Waals surface area contributed by atoms with Crippen LogP contribution in [0.4, 0.5) is 23.5 Å². The van der Waals surface area contributed by atoms with Crippen LogP contribution in [0, 0.1) is 0 Å². The molecule has 250 valence electrons. The zero-order valence-electron chi connectivity index (χ0n) is 23.8. The fourth-order valence-electron chi connectivity index (χ4n) is 5.55. The molecule has 30 heteroatoms. The van der Waals surface area contributed by atoms with Crippen molar-refractivity contribution in [1.29, 1.82) is 0 Å². The Bertz CT molecular complexity index is 2010. The fraction of sp³-hybridized carbons (Fsp3) is 0.200. The zero-order chi connectivity index (χ0) is 33.1. The van der Waals surface area contributed by atoms with Gasteiger partial charge in [-0.15, -0.1) is 15.3 Å². The lowest BCUT2D eigenvalue weighted by atomic mass is 10.1. The Kier molecular flexibility index (Phi) is 6.69. The standard InChI is InChI=1S/C20H10N20O5S5/c1-9(25-33-41-1)19(15-21-5-43-29-15)39(11-2-42-34-27-11)37(17-22-6-44-30-17)13(45-19)14-38(18-24-8-49-32-18)40(12-4-47-36-28-12)20(50-14,10-3-46-35-26-10)16-23-7-48-31-16/h1-8,13-14H. The van der Waals surface area contributed by atoms with Gasteiger partial charge in [0.15, 0.2) is 36.1 Å². The molecule has 0 amide bonds. The molecule has 4 unspecified atom stereocenters. The van der Waals surface area contributed by atoms with Gasteiger partial charge in [-0.2, -0.15) is 18.7 Å². The summed E-state index contributed by atoms with van der Waals surface area (Å²) in [5.41, 5.74) is 1.83. The highest BCUT2D eigenvalue weighted by atomic mass is 32.2. The number of ether oxygens (including phenoxy) is 1. The summed E-state index contributed by atoms with van der Waals surface area (Å²) < 4.78 is 45.7. The summed E-state index contributed by atoms with van der Waals surface area (Å²) in [4.78, 5) is 16.7. The number of thioether (sulfide) groups is 1. The molecule has 0 spiro atoms. The van der Waals surface area contributed by atoms with E-state index in [-0.39, 0.29) is 29.2 Å². The quantitative estimate of drug-likeness (QED) is 0.198. The van der Waals surface area contributed by atoms with Gasteiger partial charge >= 0.3 is 0 Å². The first-order valence-electron chi connectivity index (χ1n) is 13.5. The maximum atomic E-state index is 7.14. The first-order chi connectivity index (χ1) is 24.8. The molecule has 0 bridgehead atoms. The Morgan fingerprint density at radius 1 is 0.640 bits per heavy atom. The van der Waals surface area contributed by atoms with Crippen LogP contribution < -0.4 is 20.0 Å². The Balaban J connectivity index is 1.26. The molecule has 10 rings (SSSR count). The second kappa shape index (κ2) is 11.4. The minimum atomic E-state index is -1.93. The summed E-state index contributed by atoms with van der Waals surface area (Å²) in [5, 5.41) is 42.4. The van der Waals surface area contributed by atoms with Crippen LogP contribution >= 0.6 is 57.9 Å². The molecule has 2 aliphatic heterocycles. The van der Waals surface area contributed by atoms with E-state index in [2.05, 4.69) is 74.5 Å². The van der Waals surface area contributed by atoms with Crippen molar-refractivity contribution in [1.82, 2.24) is 78.9 Å². The average molecular weight is 771 g/mol. The van der Waals surface area contributed by atoms with Crippen molar-refractivity contribution in [3.8, 4) is 0 Å². The number of hydrazine groups is 2. The molecule has 0 aromatic carbocycles. The Morgan fingerprint density at radius 2 is 1.48 bits per heavy atom. The van der Waals surface area contributed by atoms with Crippen molar-refractivity contribution in [2.45, 2.75) is 22.2 Å². The van der Waals surface area contributed by atoms with Gasteiger partial charge in [0.1, 0.15) is 22.1 Å². The zero-order valence-corrected chi connectivity index (χ0v) is 27.9. The predicted molar refractivity (Wildman–Crippen MR) is 165 cm³/mol. The Hall–Kier alpha value is -5.69. The SMILES string of the molecule is c1nc(N2C(C3SC(c4csnn4)(c4ncsn4)N(c4csnn4)N3c3ncsn3)OC(c3conn3)(c3ncon3)N2c2conn2)no1. The van der Waals surface area contributed by atoms with E-state index in [9.17, 15) is 0 Å². The number of anilines is 4. The van der Waals surface area contributed by atoms with Gasteiger partial charge in [-0.25, -0.2) is 30.0 Å². The summed E-state index contributed by atoms with van der Waals surface area (Å²) in [5.74, 6) is 1.07. The third kappa shape index (κ3) is 4.12. The third-order valence-electron chi connectivity index (χ3n) is 7.32. The minimum Gasteiger partial charge on any atom is -0.345 e. The van der Waals surface area contributed by atoms with E-state index in [1.807, 2.05) is 0 Å². The van der Waals surface area contributed by atoms with Gasteiger partial charge in [-0.05, 0) is 51.3 Å². The summed E-state index contributed by atoms with van der Waals surface area (Å²) >= 11 is 5.90. The van der Waals surface area contributed by atoms with Gasteiger partial charge in [-0.3, -0.25) is 0 Å². The molecule has 10 heterocycles. The van der Waals surface area contributed by atoms with Crippen LogP contribution in [0.25, 0.3) is 0 Å². The molecule has 25 nitrogen and oxygen atoms in total. The highest BCUT2D eigenvalue weighted by Gasteiger charge is 2.69. The van der Waals surface area contributed by atoms with Crippen LogP contribution in [0.3, 0.4) is 0 Å². The molecule has 50 heavy (non-hydrogen) atoms. The average Bonchev–Trinajstić information content (AvgIpc) is 4.02. The molecule has 0 saturated carbocycles. The van der Waals surface area contributed by atoms with E-state index in [0.29, 0.717) is 17.3 Å². The molecule has 4 atom stereocenters. The van der Waals surface area contributed by atoms with Crippen LogP contribution in [-0.4, -0.2) is 90.5 Å². The summed E-state index contributed by atoms with van der Waals surface area (Å²) in [6, 6.07) is 0. The van der Waals surface area contributed by atoms with E-state index in [0.717, 1.165) is 58.9 Å². The molecule has 0 N–H and O–H groups in total. The highest BCUT2D eigenvalue weighted by molar-refractivity contribution is 8.01. The van der Waals surface area contributed by atoms with Crippen LogP contribution in [0.15, 0.2) is 65.2 Å². The van der Waals surface area contributed by atoms with E-state index in [1.165, 1.54) is 34.3 Å². The second-order valence-corrected chi connectivity index (χ2v) is 13.4. The lowest BCUT2D eigenvalue weighted by Crippen LogP contribution is -2.57. The van der Waals surface area contributed by atoms with Gasteiger partial charge in [0, 0.05) is 15.9 Å². The third-order valence-corrected chi connectivity index (χ3v) is 10.8. The normalized spacial score (nSPS) is 23.8. The van der Waals surface area contributed by atoms with Crippen LogP contribution in [0.5, 0.6) is 0 Å². The molecule has 2 saturated heterocycles. The van der Waals surface area contributed by atoms with Gasteiger partial charge in [0.2, 0.25) is 29.3 Å². The van der Waals surface area contributed by atoms with Crippen molar-refractivity contribution in [2.75, 3.05) is 20.0 Å². The van der Waals surface area contributed by atoms with Crippen molar-refractivity contribution in [3.05, 3.63) is 70.1 Å². The summed E-state index contributed by atoms with van der Waals surface area (Å²) in [6.07, 6.45) is 3.60. The second-order valence-electron chi connectivity index (χ2n) is 9.70. The Morgan fingerprint density at radius 3 is 2.16 bits per heavy atom. The largest absolute Gasteiger partial charge is 0.345 e. The molecule has 8 aromatic rings. The topological polar surface area (TPSA) is 281 Å². The summed E-state index contributed by atoms with van der Waals surface area (Å²) in [6.45, 7) is 0.